The van der Waals surface area contributed by atoms with Crippen LogP contribution in [-0.4, -0.2) is 18.4 Å². The van der Waals surface area contributed by atoms with Crippen molar-refractivity contribution in [3.63, 3.8) is 0 Å². The number of carbonyl (C=O) groups is 2. The van der Waals surface area contributed by atoms with Gasteiger partial charge in [0.05, 0.1) is 6.61 Å². The minimum atomic E-state index is -0.209. The van der Waals surface area contributed by atoms with Crippen LogP contribution in [0.15, 0.2) is 65.4 Å². The van der Waals surface area contributed by atoms with E-state index in [1.165, 1.54) is 5.56 Å². The van der Waals surface area contributed by atoms with Gasteiger partial charge < -0.3 is 15.4 Å². The molecule has 0 aliphatic rings. The van der Waals surface area contributed by atoms with Gasteiger partial charge in [0.2, 0.25) is 5.91 Å². The normalized spacial score (nSPS) is 10.3. The third-order valence-corrected chi connectivity index (χ3v) is 4.81. The zero-order valence-corrected chi connectivity index (χ0v) is 16.4. The average molecular weight is 394 g/mol. The molecule has 0 atom stereocenters. The summed E-state index contributed by atoms with van der Waals surface area (Å²) < 4.78 is 5.39. The van der Waals surface area contributed by atoms with Crippen LogP contribution in [0.2, 0.25) is 0 Å². The maximum absolute atomic E-state index is 12.4. The first-order valence-corrected chi connectivity index (χ1v) is 10.0. The molecule has 0 aliphatic carbocycles. The number of aryl methyl sites for hydroxylation is 1. The molecule has 6 heteroatoms. The van der Waals surface area contributed by atoms with Gasteiger partial charge in [0.1, 0.15) is 5.75 Å². The van der Waals surface area contributed by atoms with Gasteiger partial charge in [-0.2, -0.15) is 11.3 Å². The molecule has 2 N–H and O–H groups in total. The van der Waals surface area contributed by atoms with Crippen LogP contribution in [-0.2, 0) is 11.2 Å². The number of hydrogen-bond donors (Lipinski definition) is 2. The second kappa shape index (κ2) is 9.71. The highest BCUT2D eigenvalue weighted by Gasteiger charge is 2.08. The van der Waals surface area contributed by atoms with Gasteiger partial charge in [0.15, 0.2) is 0 Å². The van der Waals surface area contributed by atoms with Gasteiger partial charge in [-0.1, -0.05) is 0 Å². The van der Waals surface area contributed by atoms with Crippen molar-refractivity contribution in [2.24, 2.45) is 0 Å². The zero-order valence-electron chi connectivity index (χ0n) is 15.6. The molecule has 0 aliphatic heterocycles. The standard InChI is InChI=1S/C22H22N2O3S/c1-2-27-20-10-8-19(9-11-20)24-22(26)17-4-6-18(7-5-17)23-21(25)12-3-16-13-14-28-15-16/h4-11,13-15H,2-3,12H2,1H3,(H,23,25)(H,24,26). The summed E-state index contributed by atoms with van der Waals surface area (Å²) in [5.41, 5.74) is 3.05. The fourth-order valence-corrected chi connectivity index (χ4v) is 3.33. The smallest absolute Gasteiger partial charge is 0.255 e. The summed E-state index contributed by atoms with van der Waals surface area (Å²) in [6.07, 6.45) is 1.15. The van der Waals surface area contributed by atoms with Crippen molar-refractivity contribution >= 4 is 34.5 Å². The van der Waals surface area contributed by atoms with Gasteiger partial charge in [-0.25, -0.2) is 0 Å². The van der Waals surface area contributed by atoms with Gasteiger partial charge in [-0.05, 0) is 84.3 Å². The van der Waals surface area contributed by atoms with E-state index >= 15 is 0 Å². The second-order valence-electron chi connectivity index (χ2n) is 6.17. The average Bonchev–Trinajstić information content (AvgIpc) is 3.22. The summed E-state index contributed by atoms with van der Waals surface area (Å²) in [7, 11) is 0. The summed E-state index contributed by atoms with van der Waals surface area (Å²) in [4.78, 5) is 24.4. The fourth-order valence-electron chi connectivity index (χ4n) is 2.63. The Kier molecular flexibility index (Phi) is 6.81. The minimum absolute atomic E-state index is 0.0437. The zero-order chi connectivity index (χ0) is 19.8. The molecule has 0 fully saturated rings. The molecule has 3 aromatic rings. The Morgan fingerprint density at radius 1 is 0.929 bits per heavy atom. The first-order chi connectivity index (χ1) is 13.6. The Bertz CT molecular complexity index is 904. The van der Waals surface area contributed by atoms with Gasteiger partial charge in [0.25, 0.3) is 5.91 Å². The monoisotopic (exact) mass is 394 g/mol. The molecule has 0 unspecified atom stereocenters. The molecule has 144 valence electrons. The third-order valence-electron chi connectivity index (χ3n) is 4.07. The number of hydrogen-bond acceptors (Lipinski definition) is 4. The third kappa shape index (κ3) is 5.69. The van der Waals surface area contributed by atoms with Crippen molar-refractivity contribution in [1.29, 1.82) is 0 Å². The van der Waals surface area contributed by atoms with Crippen LogP contribution in [0.5, 0.6) is 5.75 Å². The van der Waals surface area contributed by atoms with Crippen molar-refractivity contribution in [2.75, 3.05) is 17.2 Å². The van der Waals surface area contributed by atoms with Crippen molar-refractivity contribution in [3.05, 3.63) is 76.5 Å². The molecular weight excluding hydrogens is 372 g/mol. The van der Waals surface area contributed by atoms with E-state index in [4.69, 9.17) is 4.74 Å². The van der Waals surface area contributed by atoms with Gasteiger partial charge in [0, 0.05) is 23.4 Å². The molecule has 5 nitrogen and oxygen atoms in total. The molecule has 0 saturated carbocycles. The predicted octanol–water partition coefficient (Wildman–Crippen LogP) is 4.97. The van der Waals surface area contributed by atoms with Crippen molar-refractivity contribution in [3.8, 4) is 5.75 Å². The molecule has 1 aromatic heterocycles. The largest absolute Gasteiger partial charge is 0.494 e. The van der Waals surface area contributed by atoms with E-state index in [1.54, 1.807) is 47.7 Å². The van der Waals surface area contributed by atoms with E-state index in [-0.39, 0.29) is 11.8 Å². The molecule has 28 heavy (non-hydrogen) atoms. The van der Waals surface area contributed by atoms with Crippen molar-refractivity contribution < 1.29 is 14.3 Å². The lowest BCUT2D eigenvalue weighted by Gasteiger charge is -2.08. The van der Waals surface area contributed by atoms with E-state index in [2.05, 4.69) is 10.6 Å². The summed E-state index contributed by atoms with van der Waals surface area (Å²) in [6.45, 7) is 2.52. The van der Waals surface area contributed by atoms with Crippen LogP contribution in [0, 0.1) is 0 Å². The Morgan fingerprint density at radius 3 is 2.25 bits per heavy atom. The van der Waals surface area contributed by atoms with Crippen LogP contribution >= 0.6 is 11.3 Å². The van der Waals surface area contributed by atoms with Crippen LogP contribution < -0.4 is 15.4 Å². The summed E-state index contributed by atoms with van der Waals surface area (Å²) in [5, 5.41) is 9.75. The fraction of sp³-hybridized carbons (Fsp3) is 0.182. The summed E-state index contributed by atoms with van der Waals surface area (Å²) >= 11 is 1.63. The first kappa shape index (κ1) is 19.6. The number of benzene rings is 2. The maximum Gasteiger partial charge on any atom is 0.255 e. The quantitative estimate of drug-likeness (QED) is 0.567. The molecule has 3 rings (SSSR count). The Balaban J connectivity index is 1.51. The second-order valence-corrected chi connectivity index (χ2v) is 6.95. The van der Waals surface area contributed by atoms with E-state index in [9.17, 15) is 9.59 Å². The number of carbonyl (C=O) groups excluding carboxylic acids is 2. The molecular formula is C22H22N2O3S. The van der Waals surface area contributed by atoms with E-state index in [0.717, 1.165) is 12.2 Å². The van der Waals surface area contributed by atoms with E-state index < -0.39 is 0 Å². The van der Waals surface area contributed by atoms with Crippen LogP contribution in [0.3, 0.4) is 0 Å². The summed E-state index contributed by atoms with van der Waals surface area (Å²) in [6, 6.07) is 16.1. The van der Waals surface area contributed by atoms with E-state index in [1.807, 2.05) is 35.9 Å². The Morgan fingerprint density at radius 2 is 1.61 bits per heavy atom. The topological polar surface area (TPSA) is 67.4 Å². The molecule has 0 saturated heterocycles. The SMILES string of the molecule is CCOc1ccc(NC(=O)c2ccc(NC(=O)CCc3ccsc3)cc2)cc1. The number of nitrogens with one attached hydrogen (secondary N) is 2. The van der Waals surface area contributed by atoms with Crippen molar-refractivity contribution in [2.45, 2.75) is 19.8 Å². The number of thiophene rings is 1. The Labute approximate surface area is 168 Å². The molecule has 2 aromatic carbocycles. The number of ether oxygens (including phenoxy) is 1. The molecule has 0 bridgehead atoms. The van der Waals surface area contributed by atoms with Crippen LogP contribution in [0.4, 0.5) is 11.4 Å². The van der Waals surface area contributed by atoms with Gasteiger partial charge >= 0.3 is 0 Å². The first-order valence-electron chi connectivity index (χ1n) is 9.09. The lowest BCUT2D eigenvalue weighted by Crippen LogP contribution is -2.14. The number of amides is 2. The summed E-state index contributed by atoms with van der Waals surface area (Å²) in [5.74, 6) is 0.511. The lowest BCUT2D eigenvalue weighted by atomic mass is 10.1. The van der Waals surface area contributed by atoms with Crippen LogP contribution in [0.25, 0.3) is 0 Å². The minimum Gasteiger partial charge on any atom is -0.494 e. The van der Waals surface area contributed by atoms with Crippen LogP contribution in [0.1, 0.15) is 29.3 Å². The molecule has 1 heterocycles. The van der Waals surface area contributed by atoms with E-state index in [0.29, 0.717) is 30.0 Å². The molecule has 0 spiro atoms. The molecule has 2 amide bonds. The molecule has 0 radical (unpaired) electrons. The lowest BCUT2D eigenvalue weighted by molar-refractivity contribution is -0.116. The number of rotatable bonds is 8. The Hall–Kier alpha value is -3.12. The maximum atomic E-state index is 12.4. The predicted molar refractivity (Wildman–Crippen MR) is 113 cm³/mol. The highest BCUT2D eigenvalue weighted by molar-refractivity contribution is 7.07. The van der Waals surface area contributed by atoms with Gasteiger partial charge in [-0.15, -0.1) is 0 Å². The highest BCUT2D eigenvalue weighted by atomic mass is 32.1. The van der Waals surface area contributed by atoms with Gasteiger partial charge in [-0.3, -0.25) is 9.59 Å². The van der Waals surface area contributed by atoms with Crippen molar-refractivity contribution in [1.82, 2.24) is 0 Å². The highest BCUT2D eigenvalue weighted by Crippen LogP contribution is 2.17. The number of anilines is 2.